The summed E-state index contributed by atoms with van der Waals surface area (Å²) >= 11 is 0. The van der Waals surface area contributed by atoms with Gasteiger partial charge < -0.3 is 15.0 Å². The summed E-state index contributed by atoms with van der Waals surface area (Å²) in [7, 11) is 2.98. The fourth-order valence-corrected chi connectivity index (χ4v) is 1.09. The minimum Gasteiger partial charge on any atom is -0.453 e. The van der Waals surface area contributed by atoms with E-state index >= 15 is 0 Å². The maximum absolute atomic E-state index is 11.8. The van der Waals surface area contributed by atoms with Gasteiger partial charge >= 0.3 is 6.09 Å². The highest BCUT2D eigenvalue weighted by molar-refractivity contribution is 5.85. The van der Waals surface area contributed by atoms with Crippen molar-refractivity contribution in [2.45, 2.75) is 60.9 Å². The van der Waals surface area contributed by atoms with E-state index in [1.165, 1.54) is 13.5 Å². The summed E-state index contributed by atoms with van der Waals surface area (Å²) in [5, 5.41) is 2.53. The molecular weight excluding hydrogens is 256 g/mol. The molecule has 1 atom stereocenters. The Morgan fingerprint density at radius 2 is 1.55 bits per heavy atom. The van der Waals surface area contributed by atoms with Crippen molar-refractivity contribution in [2.24, 2.45) is 5.92 Å². The van der Waals surface area contributed by atoms with E-state index in [1.807, 2.05) is 34.6 Å². The molecule has 1 N–H and O–H groups in total. The summed E-state index contributed by atoms with van der Waals surface area (Å²) in [5.74, 6) is -0.0662. The van der Waals surface area contributed by atoms with Gasteiger partial charge in [0, 0.05) is 13.6 Å². The maximum atomic E-state index is 11.8. The smallest absolute Gasteiger partial charge is 0.407 e. The highest BCUT2D eigenvalue weighted by Gasteiger charge is 2.26. The molecule has 5 heteroatoms. The van der Waals surface area contributed by atoms with Gasteiger partial charge in [-0.1, -0.05) is 48.0 Å². The van der Waals surface area contributed by atoms with Gasteiger partial charge in [-0.15, -0.1) is 0 Å². The number of ether oxygens (including phenoxy) is 1. The summed E-state index contributed by atoms with van der Waals surface area (Å²) in [5.41, 5.74) is 0. The molecule has 0 aromatic rings. The van der Waals surface area contributed by atoms with Gasteiger partial charge in [-0.05, 0) is 12.8 Å². The number of hydrogen-bond acceptors (Lipinski definition) is 3. The number of hydrogen-bond donors (Lipinski definition) is 1. The first-order chi connectivity index (χ1) is 9.35. The van der Waals surface area contributed by atoms with Crippen LogP contribution in [0, 0.1) is 5.92 Å². The molecule has 0 fully saturated rings. The Morgan fingerprint density at radius 3 is 1.80 bits per heavy atom. The molecule has 0 aliphatic rings. The molecule has 0 saturated heterocycles. The predicted molar refractivity (Wildman–Crippen MR) is 84.8 cm³/mol. The van der Waals surface area contributed by atoms with Crippen LogP contribution < -0.4 is 5.32 Å². The summed E-state index contributed by atoms with van der Waals surface area (Å²) in [4.78, 5) is 24.4. The first kappa shape index (κ1) is 23.8. The van der Waals surface area contributed by atoms with E-state index < -0.39 is 12.1 Å². The molecule has 0 aromatic carbocycles. The summed E-state index contributed by atoms with van der Waals surface area (Å²) in [6, 6.07) is -0.526. The van der Waals surface area contributed by atoms with Crippen molar-refractivity contribution < 1.29 is 14.3 Å². The first-order valence-corrected chi connectivity index (χ1v) is 7.44. The number of carbonyl (C=O) groups excluding carboxylic acids is 2. The number of nitrogens with one attached hydrogen (secondary N) is 1. The minimum atomic E-state index is -0.577. The van der Waals surface area contributed by atoms with Crippen LogP contribution in [0.3, 0.4) is 0 Å². The lowest BCUT2D eigenvalue weighted by Gasteiger charge is -2.25. The average Bonchev–Trinajstić information content (AvgIpc) is 2.45. The molecule has 0 aliphatic carbocycles. The number of likely N-dealkylation sites (N-methyl/N-ethyl adjacent to an activating group) is 1. The van der Waals surface area contributed by atoms with E-state index in [-0.39, 0.29) is 11.8 Å². The average molecular weight is 290 g/mol. The van der Waals surface area contributed by atoms with Gasteiger partial charge in [-0.2, -0.15) is 0 Å². The summed E-state index contributed by atoms with van der Waals surface area (Å²) < 4.78 is 4.47. The highest BCUT2D eigenvalue weighted by atomic mass is 16.5. The van der Waals surface area contributed by atoms with Gasteiger partial charge in [0.1, 0.15) is 6.04 Å². The van der Waals surface area contributed by atoms with E-state index in [0.29, 0.717) is 6.54 Å². The standard InChI is InChI=1S/C10H20N2O3.C3H8.C2H6/c1-6-12(4)9(13)8(7(2)3)11-10(14)15-5;1-3-2;1-2/h7-8H,6H2,1-5H3,(H,11,14);3H2,1-2H3;1-2H3. The third-order valence-electron chi connectivity index (χ3n) is 2.24. The van der Waals surface area contributed by atoms with E-state index in [4.69, 9.17) is 0 Å². The number of carbonyl (C=O) groups is 2. The van der Waals surface area contributed by atoms with E-state index in [9.17, 15) is 9.59 Å². The van der Waals surface area contributed by atoms with E-state index in [2.05, 4.69) is 23.9 Å². The van der Waals surface area contributed by atoms with Gasteiger partial charge in [0.15, 0.2) is 0 Å². The quantitative estimate of drug-likeness (QED) is 0.864. The molecule has 0 bridgehead atoms. The molecular formula is C15H34N2O3. The Hall–Kier alpha value is -1.26. The SMILES string of the molecule is CC.CCC.CCN(C)C(=O)C(NC(=O)OC)C(C)C. The molecule has 0 aliphatic heterocycles. The third-order valence-corrected chi connectivity index (χ3v) is 2.24. The van der Waals surface area contributed by atoms with E-state index in [1.54, 1.807) is 11.9 Å². The molecule has 0 heterocycles. The Bertz CT molecular complexity index is 243. The van der Waals surface area contributed by atoms with E-state index in [0.717, 1.165) is 0 Å². The first-order valence-electron chi connectivity index (χ1n) is 7.44. The van der Waals surface area contributed by atoms with Crippen molar-refractivity contribution in [1.29, 1.82) is 0 Å². The number of nitrogens with zero attached hydrogens (tertiary/aromatic N) is 1. The van der Waals surface area contributed by atoms with Crippen LogP contribution in [0.25, 0.3) is 0 Å². The van der Waals surface area contributed by atoms with Crippen molar-refractivity contribution >= 4 is 12.0 Å². The Labute approximate surface area is 125 Å². The highest BCUT2D eigenvalue weighted by Crippen LogP contribution is 2.05. The second kappa shape index (κ2) is 15.8. The molecule has 0 saturated carbocycles. The topological polar surface area (TPSA) is 58.6 Å². The molecule has 5 nitrogen and oxygen atoms in total. The van der Waals surface area contributed by atoms with Crippen molar-refractivity contribution in [3.05, 3.63) is 0 Å². The van der Waals surface area contributed by atoms with Crippen molar-refractivity contribution in [3.8, 4) is 0 Å². The Morgan fingerprint density at radius 1 is 1.15 bits per heavy atom. The van der Waals surface area contributed by atoms with Crippen LogP contribution >= 0.6 is 0 Å². The normalized spacial score (nSPS) is 10.3. The van der Waals surface area contributed by atoms with Crippen molar-refractivity contribution in [3.63, 3.8) is 0 Å². The summed E-state index contributed by atoms with van der Waals surface area (Å²) in [6.07, 6.45) is 0.673. The molecule has 0 rings (SSSR count). The van der Waals surface area contributed by atoms with Crippen LogP contribution in [0.2, 0.25) is 0 Å². The Balaban J connectivity index is -0.000000505. The second-order valence-electron chi connectivity index (χ2n) is 4.42. The largest absolute Gasteiger partial charge is 0.453 e. The number of rotatable bonds is 4. The minimum absolute atomic E-state index is 0.0330. The zero-order valence-corrected chi connectivity index (χ0v) is 14.7. The molecule has 1 unspecified atom stereocenters. The lowest BCUT2D eigenvalue weighted by atomic mass is 10.0. The zero-order chi connectivity index (χ0) is 16.7. The second-order valence-corrected chi connectivity index (χ2v) is 4.42. The molecule has 20 heavy (non-hydrogen) atoms. The van der Waals surface area contributed by atoms with Gasteiger partial charge in [-0.3, -0.25) is 4.79 Å². The Kier molecular flexibility index (Phi) is 18.8. The van der Waals surface area contributed by atoms with Gasteiger partial charge in [0.05, 0.1) is 7.11 Å². The fourth-order valence-electron chi connectivity index (χ4n) is 1.09. The molecule has 122 valence electrons. The fraction of sp³-hybridized carbons (Fsp3) is 0.867. The number of amides is 2. The summed E-state index contributed by atoms with van der Waals surface area (Å²) in [6.45, 7) is 14.5. The van der Waals surface area contributed by atoms with Crippen LogP contribution in [0.4, 0.5) is 4.79 Å². The molecule has 2 amide bonds. The third kappa shape index (κ3) is 11.8. The van der Waals surface area contributed by atoms with Gasteiger partial charge in [0.2, 0.25) is 5.91 Å². The predicted octanol–water partition coefficient (Wildman–Crippen LogP) is 3.29. The molecule has 0 aromatic heterocycles. The van der Waals surface area contributed by atoms with Crippen LogP contribution in [0.1, 0.15) is 54.9 Å². The monoisotopic (exact) mass is 290 g/mol. The molecule has 0 spiro atoms. The zero-order valence-electron chi connectivity index (χ0n) is 14.7. The molecule has 0 radical (unpaired) electrons. The van der Waals surface area contributed by atoms with Gasteiger partial charge in [0.25, 0.3) is 0 Å². The van der Waals surface area contributed by atoms with Crippen LogP contribution in [-0.4, -0.2) is 43.6 Å². The van der Waals surface area contributed by atoms with Crippen molar-refractivity contribution in [1.82, 2.24) is 10.2 Å². The van der Waals surface area contributed by atoms with Crippen molar-refractivity contribution in [2.75, 3.05) is 20.7 Å². The lowest BCUT2D eigenvalue weighted by molar-refractivity contribution is -0.132. The lowest BCUT2D eigenvalue weighted by Crippen LogP contribution is -2.50. The maximum Gasteiger partial charge on any atom is 0.407 e. The van der Waals surface area contributed by atoms with Crippen LogP contribution in [-0.2, 0) is 9.53 Å². The van der Waals surface area contributed by atoms with Crippen LogP contribution in [0.15, 0.2) is 0 Å². The van der Waals surface area contributed by atoms with Crippen LogP contribution in [0.5, 0.6) is 0 Å². The number of alkyl carbamates (subject to hydrolysis) is 1. The number of methoxy groups -OCH3 is 1. The van der Waals surface area contributed by atoms with Gasteiger partial charge in [-0.25, -0.2) is 4.79 Å².